The van der Waals surface area contributed by atoms with Gasteiger partial charge in [0.1, 0.15) is 5.82 Å². The van der Waals surface area contributed by atoms with Gasteiger partial charge in [-0.25, -0.2) is 4.39 Å². The maximum atomic E-state index is 14.0. The average molecular weight is 300 g/mol. The number of anilines is 1. The zero-order chi connectivity index (χ0) is 12.3. The van der Waals surface area contributed by atoms with Gasteiger partial charge in [0, 0.05) is 17.1 Å². The van der Waals surface area contributed by atoms with Crippen LogP contribution >= 0.6 is 15.9 Å². The van der Waals surface area contributed by atoms with Crippen LogP contribution in [-0.4, -0.2) is 12.6 Å². The zero-order valence-electron chi connectivity index (χ0n) is 10.3. The molecule has 2 rings (SSSR count). The Labute approximate surface area is 111 Å². The standard InChI is InChI=1S/C14H19BrFN/c1-2-17(12-6-4-3-5-7-12)14-9-8-11(15)10-13(14)16/h8-10,12H,2-7H2,1H3. The van der Waals surface area contributed by atoms with Crippen molar-refractivity contribution in [3.8, 4) is 0 Å². The van der Waals surface area contributed by atoms with Crippen molar-refractivity contribution in [2.75, 3.05) is 11.4 Å². The highest BCUT2D eigenvalue weighted by molar-refractivity contribution is 9.10. The molecule has 0 bridgehead atoms. The number of rotatable bonds is 3. The minimum atomic E-state index is -0.119. The molecular formula is C14H19BrFN. The second-order valence-electron chi connectivity index (χ2n) is 4.67. The summed E-state index contributed by atoms with van der Waals surface area (Å²) in [5.74, 6) is -0.119. The van der Waals surface area contributed by atoms with Gasteiger partial charge in [0.2, 0.25) is 0 Å². The van der Waals surface area contributed by atoms with Gasteiger partial charge in [0.05, 0.1) is 5.69 Å². The van der Waals surface area contributed by atoms with E-state index in [0.29, 0.717) is 6.04 Å². The molecule has 0 N–H and O–H groups in total. The van der Waals surface area contributed by atoms with E-state index in [1.807, 2.05) is 12.1 Å². The Bertz CT molecular complexity index is 374. The summed E-state index contributed by atoms with van der Waals surface area (Å²) in [5, 5.41) is 0. The SMILES string of the molecule is CCN(c1ccc(Br)cc1F)C1CCCCC1. The van der Waals surface area contributed by atoms with Crippen molar-refractivity contribution in [2.24, 2.45) is 0 Å². The molecule has 0 aliphatic heterocycles. The predicted molar refractivity (Wildman–Crippen MR) is 74.0 cm³/mol. The van der Waals surface area contributed by atoms with E-state index in [4.69, 9.17) is 0 Å². The summed E-state index contributed by atoms with van der Waals surface area (Å²) < 4.78 is 14.8. The monoisotopic (exact) mass is 299 g/mol. The van der Waals surface area contributed by atoms with Crippen LogP contribution in [-0.2, 0) is 0 Å². The molecule has 3 heteroatoms. The smallest absolute Gasteiger partial charge is 0.147 e. The molecule has 1 aromatic carbocycles. The molecule has 17 heavy (non-hydrogen) atoms. The normalized spacial score (nSPS) is 17.1. The van der Waals surface area contributed by atoms with Gasteiger partial charge >= 0.3 is 0 Å². The molecule has 1 fully saturated rings. The molecule has 0 aromatic heterocycles. The van der Waals surface area contributed by atoms with Crippen molar-refractivity contribution >= 4 is 21.6 Å². The van der Waals surface area contributed by atoms with Crippen LogP contribution in [0.3, 0.4) is 0 Å². The molecule has 0 saturated heterocycles. The van der Waals surface area contributed by atoms with Gasteiger partial charge in [-0.1, -0.05) is 35.2 Å². The summed E-state index contributed by atoms with van der Waals surface area (Å²) in [4.78, 5) is 2.22. The van der Waals surface area contributed by atoms with Gasteiger partial charge in [-0.3, -0.25) is 0 Å². The zero-order valence-corrected chi connectivity index (χ0v) is 11.8. The Morgan fingerprint density at radius 3 is 2.59 bits per heavy atom. The van der Waals surface area contributed by atoms with E-state index in [2.05, 4.69) is 27.8 Å². The highest BCUT2D eigenvalue weighted by atomic mass is 79.9. The molecule has 94 valence electrons. The summed E-state index contributed by atoms with van der Waals surface area (Å²) in [6.07, 6.45) is 6.28. The molecule has 1 aromatic rings. The molecular weight excluding hydrogens is 281 g/mol. The molecule has 0 amide bonds. The number of nitrogens with zero attached hydrogens (tertiary/aromatic N) is 1. The van der Waals surface area contributed by atoms with E-state index in [1.54, 1.807) is 6.07 Å². The lowest BCUT2D eigenvalue weighted by atomic mass is 9.94. The highest BCUT2D eigenvalue weighted by Gasteiger charge is 2.22. The topological polar surface area (TPSA) is 3.24 Å². The molecule has 1 saturated carbocycles. The van der Waals surface area contributed by atoms with E-state index < -0.39 is 0 Å². The Kier molecular flexibility index (Phi) is 4.43. The summed E-state index contributed by atoms with van der Waals surface area (Å²) in [5.41, 5.74) is 0.752. The number of hydrogen-bond acceptors (Lipinski definition) is 1. The third-order valence-corrected chi connectivity index (χ3v) is 4.07. The molecule has 1 aliphatic carbocycles. The molecule has 1 nitrogen and oxygen atoms in total. The average Bonchev–Trinajstić information content (AvgIpc) is 2.34. The van der Waals surface area contributed by atoms with Crippen molar-refractivity contribution in [2.45, 2.75) is 45.1 Å². The molecule has 0 heterocycles. The second-order valence-corrected chi connectivity index (χ2v) is 5.59. The number of benzene rings is 1. The molecule has 0 radical (unpaired) electrons. The van der Waals surface area contributed by atoms with E-state index in [0.717, 1.165) is 16.7 Å². The van der Waals surface area contributed by atoms with Gasteiger partial charge in [-0.15, -0.1) is 0 Å². The van der Waals surface area contributed by atoms with Gasteiger partial charge in [0.25, 0.3) is 0 Å². The van der Waals surface area contributed by atoms with Crippen LogP contribution in [0.15, 0.2) is 22.7 Å². The molecule has 0 spiro atoms. The fourth-order valence-electron chi connectivity index (χ4n) is 2.73. The van der Waals surface area contributed by atoms with E-state index in [1.165, 1.54) is 32.1 Å². The third-order valence-electron chi connectivity index (χ3n) is 3.58. The maximum absolute atomic E-state index is 14.0. The largest absolute Gasteiger partial charge is 0.366 e. The lowest BCUT2D eigenvalue weighted by Gasteiger charge is -2.35. The Hall–Kier alpha value is -0.570. The predicted octanol–water partition coefficient (Wildman–Crippen LogP) is 4.75. The maximum Gasteiger partial charge on any atom is 0.147 e. The van der Waals surface area contributed by atoms with E-state index >= 15 is 0 Å². The first-order valence-electron chi connectivity index (χ1n) is 6.44. The first-order valence-corrected chi connectivity index (χ1v) is 7.23. The van der Waals surface area contributed by atoms with E-state index in [-0.39, 0.29) is 5.82 Å². The van der Waals surface area contributed by atoms with Crippen molar-refractivity contribution in [1.82, 2.24) is 0 Å². The van der Waals surface area contributed by atoms with Crippen molar-refractivity contribution in [1.29, 1.82) is 0 Å². The lowest BCUT2D eigenvalue weighted by molar-refractivity contribution is 0.414. The summed E-state index contributed by atoms with van der Waals surface area (Å²) in [7, 11) is 0. The quantitative estimate of drug-likeness (QED) is 0.779. The Morgan fingerprint density at radius 1 is 1.29 bits per heavy atom. The van der Waals surface area contributed by atoms with Gasteiger partial charge < -0.3 is 4.90 Å². The fourth-order valence-corrected chi connectivity index (χ4v) is 3.07. The summed E-state index contributed by atoms with van der Waals surface area (Å²) in [6.45, 7) is 2.99. The van der Waals surface area contributed by atoms with Crippen LogP contribution in [0.1, 0.15) is 39.0 Å². The van der Waals surface area contributed by atoms with Gasteiger partial charge in [-0.05, 0) is 38.0 Å². The van der Waals surface area contributed by atoms with Gasteiger partial charge in [-0.2, -0.15) is 0 Å². The van der Waals surface area contributed by atoms with Gasteiger partial charge in [0.15, 0.2) is 0 Å². The second kappa shape index (κ2) is 5.85. The van der Waals surface area contributed by atoms with Crippen LogP contribution in [0, 0.1) is 5.82 Å². The molecule has 0 atom stereocenters. The van der Waals surface area contributed by atoms with Crippen LogP contribution in [0.4, 0.5) is 10.1 Å². The summed E-state index contributed by atoms with van der Waals surface area (Å²) >= 11 is 3.30. The molecule has 1 aliphatic rings. The van der Waals surface area contributed by atoms with Crippen LogP contribution in [0.25, 0.3) is 0 Å². The Balaban J connectivity index is 2.21. The summed E-state index contributed by atoms with van der Waals surface area (Å²) in [6, 6.07) is 5.88. The fraction of sp³-hybridized carbons (Fsp3) is 0.571. The minimum Gasteiger partial charge on any atom is -0.366 e. The minimum absolute atomic E-state index is 0.119. The van der Waals surface area contributed by atoms with Crippen LogP contribution in [0.5, 0.6) is 0 Å². The third kappa shape index (κ3) is 3.01. The van der Waals surface area contributed by atoms with Crippen LogP contribution < -0.4 is 4.90 Å². The first kappa shape index (κ1) is 12.9. The lowest BCUT2D eigenvalue weighted by Crippen LogP contribution is -2.37. The van der Waals surface area contributed by atoms with Crippen LogP contribution in [0.2, 0.25) is 0 Å². The van der Waals surface area contributed by atoms with Crippen molar-refractivity contribution in [3.63, 3.8) is 0 Å². The number of halogens is 2. The van der Waals surface area contributed by atoms with Crippen molar-refractivity contribution in [3.05, 3.63) is 28.5 Å². The first-order chi connectivity index (χ1) is 8.22. The number of hydrogen-bond donors (Lipinski definition) is 0. The highest BCUT2D eigenvalue weighted by Crippen LogP contribution is 2.30. The Morgan fingerprint density at radius 2 is 2.00 bits per heavy atom. The van der Waals surface area contributed by atoms with Crippen molar-refractivity contribution < 1.29 is 4.39 Å². The molecule has 0 unspecified atom stereocenters. The van der Waals surface area contributed by atoms with E-state index in [9.17, 15) is 4.39 Å².